The third-order valence-electron chi connectivity index (χ3n) is 4.14. The average Bonchev–Trinajstić information content (AvgIpc) is 3.35. The summed E-state index contributed by atoms with van der Waals surface area (Å²) in [5.41, 5.74) is 9.36. The van der Waals surface area contributed by atoms with E-state index >= 15 is 0 Å². The Labute approximate surface area is 131 Å². The van der Waals surface area contributed by atoms with Gasteiger partial charge in [-0.1, -0.05) is 11.6 Å². The van der Waals surface area contributed by atoms with Gasteiger partial charge in [-0.25, -0.2) is 0 Å². The SMILES string of the molecule is Cc1ccc2nc(C3CC3)cc(C(=O)NCCCCN)c2c1. The maximum Gasteiger partial charge on any atom is 0.252 e. The molecule has 1 aliphatic carbocycles. The number of unbranched alkanes of at least 4 members (excludes halogenated alkanes) is 1. The van der Waals surface area contributed by atoms with E-state index in [2.05, 4.69) is 11.4 Å². The van der Waals surface area contributed by atoms with Gasteiger partial charge in [0, 0.05) is 23.5 Å². The molecule has 3 N–H and O–H groups in total. The van der Waals surface area contributed by atoms with Gasteiger partial charge in [0.25, 0.3) is 5.91 Å². The fourth-order valence-electron chi connectivity index (χ4n) is 2.70. The third-order valence-corrected chi connectivity index (χ3v) is 4.14. The Hall–Kier alpha value is -1.94. The molecular weight excluding hydrogens is 274 g/mol. The smallest absolute Gasteiger partial charge is 0.252 e. The van der Waals surface area contributed by atoms with Gasteiger partial charge in [0.1, 0.15) is 0 Å². The van der Waals surface area contributed by atoms with E-state index in [0.717, 1.165) is 40.6 Å². The topological polar surface area (TPSA) is 68.0 Å². The number of nitrogens with two attached hydrogens (primary N) is 1. The summed E-state index contributed by atoms with van der Waals surface area (Å²) >= 11 is 0. The van der Waals surface area contributed by atoms with Gasteiger partial charge in [-0.05, 0) is 57.4 Å². The van der Waals surface area contributed by atoms with Gasteiger partial charge < -0.3 is 11.1 Å². The quantitative estimate of drug-likeness (QED) is 0.806. The molecule has 3 rings (SSSR count). The van der Waals surface area contributed by atoms with Crippen molar-refractivity contribution in [2.45, 2.75) is 38.5 Å². The molecule has 1 aliphatic rings. The Morgan fingerprint density at radius 2 is 2.14 bits per heavy atom. The number of aromatic nitrogens is 1. The first-order chi connectivity index (χ1) is 10.7. The molecule has 1 aromatic carbocycles. The summed E-state index contributed by atoms with van der Waals surface area (Å²) in [5.74, 6) is 0.534. The van der Waals surface area contributed by atoms with E-state index in [9.17, 15) is 4.79 Å². The van der Waals surface area contributed by atoms with Crippen LogP contribution in [0.5, 0.6) is 0 Å². The molecule has 0 spiro atoms. The maximum atomic E-state index is 12.6. The summed E-state index contributed by atoms with van der Waals surface area (Å²) in [6.45, 7) is 3.38. The lowest BCUT2D eigenvalue weighted by Crippen LogP contribution is -2.25. The van der Waals surface area contributed by atoms with E-state index in [1.165, 1.54) is 12.8 Å². The molecule has 0 saturated heterocycles. The molecule has 4 nitrogen and oxygen atoms in total. The Balaban J connectivity index is 1.91. The first-order valence-corrected chi connectivity index (χ1v) is 8.08. The van der Waals surface area contributed by atoms with Crippen LogP contribution in [0, 0.1) is 6.92 Å². The van der Waals surface area contributed by atoms with Crippen LogP contribution in [-0.2, 0) is 0 Å². The number of rotatable bonds is 6. The Morgan fingerprint density at radius 1 is 1.32 bits per heavy atom. The molecule has 22 heavy (non-hydrogen) atoms. The lowest BCUT2D eigenvalue weighted by atomic mass is 10.0. The number of nitrogens with one attached hydrogen (secondary N) is 1. The molecule has 0 aliphatic heterocycles. The number of carbonyl (C=O) groups excluding carboxylic acids is 1. The Kier molecular flexibility index (Phi) is 4.39. The zero-order valence-corrected chi connectivity index (χ0v) is 13.1. The van der Waals surface area contributed by atoms with Crippen molar-refractivity contribution < 1.29 is 4.79 Å². The van der Waals surface area contributed by atoms with Gasteiger partial charge in [-0.3, -0.25) is 9.78 Å². The standard InChI is InChI=1S/C18H23N3O/c1-12-4-7-16-14(10-12)15(11-17(21-16)13-5-6-13)18(22)20-9-3-2-8-19/h4,7,10-11,13H,2-3,5-6,8-9,19H2,1H3,(H,20,22). The molecule has 0 unspecified atom stereocenters. The second-order valence-corrected chi connectivity index (χ2v) is 6.14. The van der Waals surface area contributed by atoms with Crippen LogP contribution in [0.15, 0.2) is 24.3 Å². The number of pyridine rings is 1. The largest absolute Gasteiger partial charge is 0.352 e. The minimum Gasteiger partial charge on any atom is -0.352 e. The minimum absolute atomic E-state index is 0.00285. The lowest BCUT2D eigenvalue weighted by molar-refractivity contribution is 0.0954. The summed E-state index contributed by atoms with van der Waals surface area (Å²) in [6.07, 6.45) is 4.22. The summed E-state index contributed by atoms with van der Waals surface area (Å²) in [5, 5.41) is 3.95. The number of carbonyl (C=O) groups is 1. The molecule has 2 aromatic rings. The van der Waals surface area contributed by atoms with Crippen molar-refractivity contribution in [2.75, 3.05) is 13.1 Å². The van der Waals surface area contributed by atoms with Crippen LogP contribution in [0.4, 0.5) is 0 Å². The van der Waals surface area contributed by atoms with Crippen LogP contribution in [0.2, 0.25) is 0 Å². The molecule has 4 heteroatoms. The first kappa shape index (κ1) is 15.0. The fourth-order valence-corrected chi connectivity index (χ4v) is 2.70. The molecular formula is C18H23N3O. The average molecular weight is 297 g/mol. The Morgan fingerprint density at radius 3 is 2.86 bits per heavy atom. The molecule has 0 radical (unpaired) electrons. The molecule has 1 saturated carbocycles. The van der Waals surface area contributed by atoms with Gasteiger partial charge in [0.15, 0.2) is 0 Å². The van der Waals surface area contributed by atoms with Crippen molar-refractivity contribution in [3.63, 3.8) is 0 Å². The number of fused-ring (bicyclic) bond motifs is 1. The predicted molar refractivity (Wildman–Crippen MR) is 89.1 cm³/mol. The van der Waals surface area contributed by atoms with Crippen LogP contribution >= 0.6 is 0 Å². The number of hydrogen-bond acceptors (Lipinski definition) is 3. The number of nitrogens with zero attached hydrogens (tertiary/aromatic N) is 1. The van der Waals surface area contributed by atoms with E-state index < -0.39 is 0 Å². The Bertz CT molecular complexity index is 692. The van der Waals surface area contributed by atoms with Gasteiger partial charge in [0.2, 0.25) is 0 Å². The van der Waals surface area contributed by atoms with E-state index in [1.807, 2.05) is 25.1 Å². The summed E-state index contributed by atoms with van der Waals surface area (Å²) in [7, 11) is 0. The number of benzene rings is 1. The van der Waals surface area contributed by atoms with Crippen LogP contribution in [0.1, 0.15) is 53.2 Å². The van der Waals surface area contributed by atoms with Crippen molar-refractivity contribution in [2.24, 2.45) is 5.73 Å². The molecule has 0 bridgehead atoms. The van der Waals surface area contributed by atoms with Crippen molar-refractivity contribution >= 4 is 16.8 Å². The number of amides is 1. The number of hydrogen-bond donors (Lipinski definition) is 2. The second kappa shape index (κ2) is 6.44. The second-order valence-electron chi connectivity index (χ2n) is 6.14. The molecule has 116 valence electrons. The van der Waals surface area contributed by atoms with E-state index in [4.69, 9.17) is 10.7 Å². The van der Waals surface area contributed by atoms with Gasteiger partial charge in [-0.2, -0.15) is 0 Å². The first-order valence-electron chi connectivity index (χ1n) is 8.08. The van der Waals surface area contributed by atoms with Crippen molar-refractivity contribution in [1.29, 1.82) is 0 Å². The van der Waals surface area contributed by atoms with Crippen LogP contribution in [-0.4, -0.2) is 24.0 Å². The highest BCUT2D eigenvalue weighted by atomic mass is 16.1. The monoisotopic (exact) mass is 297 g/mol. The molecule has 1 amide bonds. The molecule has 1 heterocycles. The summed E-state index contributed by atoms with van der Waals surface area (Å²) in [4.78, 5) is 17.3. The highest BCUT2D eigenvalue weighted by molar-refractivity contribution is 6.06. The van der Waals surface area contributed by atoms with Crippen LogP contribution in [0.25, 0.3) is 10.9 Å². The molecule has 0 atom stereocenters. The van der Waals surface area contributed by atoms with Gasteiger partial charge in [-0.15, -0.1) is 0 Å². The van der Waals surface area contributed by atoms with Crippen LogP contribution in [0.3, 0.4) is 0 Å². The third kappa shape index (κ3) is 3.28. The molecule has 1 fully saturated rings. The zero-order valence-electron chi connectivity index (χ0n) is 13.1. The normalized spacial score (nSPS) is 14.3. The molecule has 1 aromatic heterocycles. The minimum atomic E-state index is -0.00285. The van der Waals surface area contributed by atoms with Crippen molar-refractivity contribution in [1.82, 2.24) is 10.3 Å². The fraction of sp³-hybridized carbons (Fsp3) is 0.444. The summed E-state index contributed by atoms with van der Waals surface area (Å²) < 4.78 is 0. The van der Waals surface area contributed by atoms with E-state index in [0.29, 0.717) is 19.0 Å². The van der Waals surface area contributed by atoms with Gasteiger partial charge >= 0.3 is 0 Å². The predicted octanol–water partition coefficient (Wildman–Crippen LogP) is 2.89. The zero-order chi connectivity index (χ0) is 15.5. The number of aryl methyl sites for hydroxylation is 1. The van der Waals surface area contributed by atoms with E-state index in [-0.39, 0.29) is 5.91 Å². The van der Waals surface area contributed by atoms with Gasteiger partial charge in [0.05, 0.1) is 11.1 Å². The highest BCUT2D eigenvalue weighted by Crippen LogP contribution is 2.40. The maximum absolute atomic E-state index is 12.6. The van der Waals surface area contributed by atoms with Crippen LogP contribution < -0.4 is 11.1 Å². The van der Waals surface area contributed by atoms with E-state index in [1.54, 1.807) is 0 Å². The van der Waals surface area contributed by atoms with Crippen molar-refractivity contribution in [3.05, 3.63) is 41.1 Å². The lowest BCUT2D eigenvalue weighted by Gasteiger charge is -2.11. The van der Waals surface area contributed by atoms with Crippen molar-refractivity contribution in [3.8, 4) is 0 Å². The summed E-state index contributed by atoms with van der Waals surface area (Å²) in [6, 6.07) is 8.10. The highest BCUT2D eigenvalue weighted by Gasteiger charge is 2.26.